The Morgan fingerprint density at radius 3 is 1.90 bits per heavy atom. The van der Waals surface area contributed by atoms with Gasteiger partial charge in [-0.3, -0.25) is 0 Å². The number of aliphatic hydroxyl groups excluding tert-OH is 1. The molecule has 0 aliphatic rings. The second-order valence-corrected chi connectivity index (χ2v) is 5.89. The van der Waals surface area contributed by atoms with E-state index in [0.29, 0.717) is 19.3 Å². The lowest BCUT2D eigenvalue weighted by atomic mass is 9.89. The minimum Gasteiger partial charge on any atom is -0.496 e. The third-order valence-electron chi connectivity index (χ3n) is 4.28. The highest BCUT2D eigenvalue weighted by Gasteiger charge is 2.23. The van der Waals surface area contributed by atoms with E-state index in [9.17, 15) is 5.11 Å². The van der Waals surface area contributed by atoms with Crippen LogP contribution in [0.5, 0.6) is 11.5 Å². The van der Waals surface area contributed by atoms with Gasteiger partial charge in [-0.2, -0.15) is 0 Å². The smallest absolute Gasteiger partial charge is 0.125 e. The fourth-order valence-electron chi connectivity index (χ4n) is 2.80. The van der Waals surface area contributed by atoms with Gasteiger partial charge in [0.15, 0.2) is 0 Å². The van der Waals surface area contributed by atoms with Crippen LogP contribution in [-0.2, 0) is 6.42 Å². The summed E-state index contributed by atoms with van der Waals surface area (Å²) in [5.74, 6) is 1.75. The average molecular weight is 296 g/mol. The molecular formula is C17H28O4. The second-order valence-electron chi connectivity index (χ2n) is 5.89. The van der Waals surface area contributed by atoms with Crippen molar-refractivity contribution in [1.82, 2.24) is 0 Å². The van der Waals surface area contributed by atoms with Crippen molar-refractivity contribution in [3.05, 3.63) is 22.3 Å². The molecule has 2 N–H and O–H groups in total. The molecule has 120 valence electrons. The Kier molecular flexibility index (Phi) is 6.05. The van der Waals surface area contributed by atoms with Gasteiger partial charge in [0.1, 0.15) is 11.5 Å². The zero-order valence-electron chi connectivity index (χ0n) is 14.0. The topological polar surface area (TPSA) is 58.9 Å². The Morgan fingerprint density at radius 2 is 1.43 bits per heavy atom. The lowest BCUT2D eigenvalue weighted by molar-refractivity contribution is 0.0256. The van der Waals surface area contributed by atoms with E-state index < -0.39 is 5.60 Å². The Morgan fingerprint density at radius 1 is 0.905 bits per heavy atom. The van der Waals surface area contributed by atoms with E-state index in [1.54, 1.807) is 21.1 Å². The molecule has 0 saturated heterocycles. The summed E-state index contributed by atoms with van der Waals surface area (Å²) < 4.78 is 11.1. The quantitative estimate of drug-likeness (QED) is 0.812. The molecule has 0 spiro atoms. The minimum atomic E-state index is -0.877. The summed E-state index contributed by atoms with van der Waals surface area (Å²) in [5.41, 5.74) is 3.39. The molecule has 0 radical (unpaired) electrons. The van der Waals surface area contributed by atoms with Crippen molar-refractivity contribution in [2.75, 3.05) is 20.8 Å². The molecule has 1 atom stereocenters. The maximum Gasteiger partial charge on any atom is 0.125 e. The van der Waals surface area contributed by atoms with Gasteiger partial charge in [-0.05, 0) is 63.6 Å². The number of aliphatic hydroxyl groups is 2. The number of methoxy groups -OCH3 is 2. The van der Waals surface area contributed by atoms with Gasteiger partial charge in [0.25, 0.3) is 0 Å². The van der Waals surface area contributed by atoms with Gasteiger partial charge in [-0.15, -0.1) is 0 Å². The highest BCUT2D eigenvalue weighted by Crippen LogP contribution is 2.38. The standard InChI is InChI=1S/C17H28O4/c1-11-12(2)16(21-6)14(13(3)15(11)20-5)7-8-17(4,19)9-10-18/h18-19H,7-10H2,1-6H3/t17-/m0/s1. The van der Waals surface area contributed by atoms with Crippen molar-refractivity contribution in [3.8, 4) is 11.5 Å². The van der Waals surface area contributed by atoms with E-state index in [2.05, 4.69) is 0 Å². The van der Waals surface area contributed by atoms with Gasteiger partial charge < -0.3 is 19.7 Å². The first-order valence-corrected chi connectivity index (χ1v) is 7.33. The van der Waals surface area contributed by atoms with Crippen LogP contribution in [-0.4, -0.2) is 36.6 Å². The molecule has 0 aliphatic carbocycles. The molecule has 0 aliphatic heterocycles. The number of hydrogen-bond donors (Lipinski definition) is 2. The molecule has 0 saturated carbocycles. The van der Waals surface area contributed by atoms with E-state index in [0.717, 1.165) is 33.8 Å². The molecule has 1 aromatic rings. The average Bonchev–Trinajstić information content (AvgIpc) is 2.42. The van der Waals surface area contributed by atoms with Crippen LogP contribution in [0, 0.1) is 20.8 Å². The van der Waals surface area contributed by atoms with Gasteiger partial charge in [-0.1, -0.05) is 0 Å². The van der Waals surface area contributed by atoms with E-state index >= 15 is 0 Å². The van der Waals surface area contributed by atoms with Crippen molar-refractivity contribution in [1.29, 1.82) is 0 Å². The summed E-state index contributed by atoms with van der Waals surface area (Å²) in [6.07, 6.45) is 1.62. The lowest BCUT2D eigenvalue weighted by Crippen LogP contribution is -2.26. The van der Waals surface area contributed by atoms with Crippen LogP contribution in [0.3, 0.4) is 0 Å². The highest BCUT2D eigenvalue weighted by atomic mass is 16.5. The molecule has 0 amide bonds. The van der Waals surface area contributed by atoms with E-state index in [1.807, 2.05) is 20.8 Å². The maximum absolute atomic E-state index is 10.2. The van der Waals surface area contributed by atoms with E-state index in [1.165, 1.54) is 0 Å². The molecule has 1 rings (SSSR count). The molecule has 1 aromatic carbocycles. The van der Waals surface area contributed by atoms with Crippen molar-refractivity contribution in [2.24, 2.45) is 0 Å². The van der Waals surface area contributed by atoms with Crippen LogP contribution in [0.15, 0.2) is 0 Å². The SMILES string of the molecule is COc1c(C)c(C)c(OC)c(CC[C@](C)(O)CCO)c1C. The van der Waals surface area contributed by atoms with Gasteiger partial charge >= 0.3 is 0 Å². The molecule has 0 heterocycles. The van der Waals surface area contributed by atoms with Crippen LogP contribution in [0.4, 0.5) is 0 Å². The summed E-state index contributed by atoms with van der Waals surface area (Å²) in [5, 5.41) is 19.3. The van der Waals surface area contributed by atoms with Crippen molar-refractivity contribution < 1.29 is 19.7 Å². The summed E-state index contributed by atoms with van der Waals surface area (Å²) in [6.45, 7) is 7.80. The summed E-state index contributed by atoms with van der Waals surface area (Å²) in [7, 11) is 3.34. The molecule has 0 bridgehead atoms. The Bertz CT molecular complexity index is 492. The van der Waals surface area contributed by atoms with Crippen molar-refractivity contribution in [2.45, 2.75) is 52.6 Å². The fraction of sp³-hybridized carbons (Fsp3) is 0.647. The van der Waals surface area contributed by atoms with Crippen molar-refractivity contribution in [3.63, 3.8) is 0 Å². The first-order chi connectivity index (χ1) is 9.79. The minimum absolute atomic E-state index is 0.0145. The number of rotatable bonds is 7. The monoisotopic (exact) mass is 296 g/mol. The lowest BCUT2D eigenvalue weighted by Gasteiger charge is -2.25. The Labute approximate surface area is 127 Å². The highest BCUT2D eigenvalue weighted by molar-refractivity contribution is 5.58. The Hall–Kier alpha value is -1.26. The predicted octanol–water partition coefficient (Wildman–Crippen LogP) is 2.70. The first kappa shape index (κ1) is 17.8. The molecule has 4 heteroatoms. The predicted molar refractivity (Wildman–Crippen MR) is 84.4 cm³/mol. The van der Waals surface area contributed by atoms with Gasteiger partial charge in [-0.25, -0.2) is 0 Å². The fourth-order valence-corrected chi connectivity index (χ4v) is 2.80. The molecular weight excluding hydrogens is 268 g/mol. The third-order valence-corrected chi connectivity index (χ3v) is 4.28. The normalized spacial score (nSPS) is 13.9. The van der Waals surface area contributed by atoms with Crippen LogP contribution in [0.1, 0.15) is 42.0 Å². The molecule has 0 aromatic heterocycles. The van der Waals surface area contributed by atoms with Gasteiger partial charge in [0, 0.05) is 12.2 Å². The van der Waals surface area contributed by atoms with Crippen molar-refractivity contribution >= 4 is 0 Å². The van der Waals surface area contributed by atoms with Crippen LogP contribution in [0.2, 0.25) is 0 Å². The van der Waals surface area contributed by atoms with E-state index in [-0.39, 0.29) is 6.61 Å². The zero-order chi connectivity index (χ0) is 16.2. The zero-order valence-corrected chi connectivity index (χ0v) is 14.0. The van der Waals surface area contributed by atoms with Crippen LogP contribution in [0.25, 0.3) is 0 Å². The third kappa shape index (κ3) is 3.89. The second kappa shape index (κ2) is 7.14. The summed E-state index contributed by atoms with van der Waals surface area (Å²) >= 11 is 0. The number of hydrogen-bond acceptors (Lipinski definition) is 4. The van der Waals surface area contributed by atoms with Gasteiger partial charge in [0.05, 0.1) is 19.8 Å². The molecule has 0 unspecified atom stereocenters. The van der Waals surface area contributed by atoms with E-state index in [4.69, 9.17) is 14.6 Å². The Balaban J connectivity index is 3.19. The molecule has 21 heavy (non-hydrogen) atoms. The van der Waals surface area contributed by atoms with Crippen LogP contribution >= 0.6 is 0 Å². The first-order valence-electron chi connectivity index (χ1n) is 7.33. The number of ether oxygens (including phenoxy) is 2. The van der Waals surface area contributed by atoms with Crippen LogP contribution < -0.4 is 9.47 Å². The number of benzene rings is 1. The summed E-state index contributed by atoms with van der Waals surface area (Å²) in [4.78, 5) is 0. The largest absolute Gasteiger partial charge is 0.496 e. The molecule has 0 fully saturated rings. The van der Waals surface area contributed by atoms with Gasteiger partial charge in [0.2, 0.25) is 0 Å². The molecule has 4 nitrogen and oxygen atoms in total. The summed E-state index contributed by atoms with van der Waals surface area (Å²) in [6, 6.07) is 0. The maximum atomic E-state index is 10.2.